The average Bonchev–Trinajstić information content (AvgIpc) is 2.49. The second-order valence-corrected chi connectivity index (χ2v) is 7.01. The summed E-state index contributed by atoms with van der Waals surface area (Å²) >= 11 is 0. The fourth-order valence-corrected chi connectivity index (χ4v) is 2.44. The number of aliphatic hydroxyl groups excluding tert-OH is 1. The van der Waals surface area contributed by atoms with Crippen LogP contribution in [0.3, 0.4) is 0 Å². The van der Waals surface area contributed by atoms with E-state index in [-0.39, 0.29) is 24.3 Å². The summed E-state index contributed by atoms with van der Waals surface area (Å²) in [4.78, 5) is 23.8. The van der Waals surface area contributed by atoms with E-state index in [0.717, 1.165) is 5.56 Å². The van der Waals surface area contributed by atoms with Crippen molar-refractivity contribution in [1.29, 1.82) is 0 Å². The van der Waals surface area contributed by atoms with E-state index in [4.69, 9.17) is 0 Å². The van der Waals surface area contributed by atoms with Crippen LogP contribution in [0.2, 0.25) is 0 Å². The van der Waals surface area contributed by atoms with E-state index in [1.165, 1.54) is 0 Å². The zero-order valence-corrected chi connectivity index (χ0v) is 14.6. The Kier molecular flexibility index (Phi) is 6.76. The first-order chi connectivity index (χ1) is 10.6. The van der Waals surface area contributed by atoms with E-state index in [2.05, 4.69) is 10.6 Å². The molecule has 0 fully saturated rings. The summed E-state index contributed by atoms with van der Waals surface area (Å²) in [6.45, 7) is 9.87. The molecule has 0 aliphatic carbocycles. The van der Waals surface area contributed by atoms with E-state index in [1.54, 1.807) is 18.2 Å². The Balaban J connectivity index is 2.44. The van der Waals surface area contributed by atoms with Crippen LogP contribution in [0.15, 0.2) is 24.3 Å². The monoisotopic (exact) mass is 320 g/mol. The molecular formula is C18H28N2O3. The largest absolute Gasteiger partial charge is 0.392 e. The van der Waals surface area contributed by atoms with E-state index >= 15 is 0 Å². The van der Waals surface area contributed by atoms with Gasteiger partial charge in [-0.3, -0.25) is 9.59 Å². The van der Waals surface area contributed by atoms with Gasteiger partial charge in [-0.1, -0.05) is 45.4 Å². The van der Waals surface area contributed by atoms with E-state index in [9.17, 15) is 14.7 Å². The number of aryl methyl sites for hydroxylation is 1. The summed E-state index contributed by atoms with van der Waals surface area (Å²) < 4.78 is 0. The number of amides is 2. The van der Waals surface area contributed by atoms with Gasteiger partial charge in [0.15, 0.2) is 0 Å². The number of benzene rings is 1. The summed E-state index contributed by atoms with van der Waals surface area (Å²) in [5, 5.41) is 15.5. The molecule has 1 atom stereocenters. The van der Waals surface area contributed by atoms with Crippen LogP contribution in [0.4, 0.5) is 0 Å². The van der Waals surface area contributed by atoms with E-state index in [1.807, 2.05) is 40.7 Å². The van der Waals surface area contributed by atoms with Crippen LogP contribution in [-0.4, -0.2) is 36.1 Å². The zero-order valence-electron chi connectivity index (χ0n) is 14.6. The van der Waals surface area contributed by atoms with Gasteiger partial charge in [-0.2, -0.15) is 0 Å². The minimum Gasteiger partial charge on any atom is -0.392 e. The average molecular weight is 320 g/mol. The van der Waals surface area contributed by atoms with Gasteiger partial charge in [-0.15, -0.1) is 0 Å². The molecule has 1 unspecified atom stereocenters. The third-order valence-corrected chi connectivity index (χ3v) is 3.86. The molecule has 1 aromatic rings. The van der Waals surface area contributed by atoms with Crippen LogP contribution in [-0.2, 0) is 4.79 Å². The Hall–Kier alpha value is -1.88. The number of aliphatic hydroxyl groups is 1. The second-order valence-electron chi connectivity index (χ2n) is 7.01. The lowest BCUT2D eigenvalue weighted by Crippen LogP contribution is -2.46. The lowest BCUT2D eigenvalue weighted by atomic mass is 9.81. The van der Waals surface area contributed by atoms with Crippen molar-refractivity contribution in [3.8, 4) is 0 Å². The number of carbonyl (C=O) groups excluding carboxylic acids is 2. The lowest BCUT2D eigenvalue weighted by Gasteiger charge is -2.33. The Labute approximate surface area is 138 Å². The maximum absolute atomic E-state index is 12.0. The number of hydrogen-bond acceptors (Lipinski definition) is 3. The quantitative estimate of drug-likeness (QED) is 0.718. The summed E-state index contributed by atoms with van der Waals surface area (Å²) in [5.74, 6) is -0.428. The fraction of sp³-hybridized carbons (Fsp3) is 0.556. The van der Waals surface area contributed by atoms with E-state index < -0.39 is 11.5 Å². The van der Waals surface area contributed by atoms with Crippen LogP contribution >= 0.6 is 0 Å². The third kappa shape index (κ3) is 6.02. The lowest BCUT2D eigenvalue weighted by molar-refractivity contribution is -0.121. The van der Waals surface area contributed by atoms with Crippen molar-refractivity contribution in [2.24, 2.45) is 11.3 Å². The Morgan fingerprint density at radius 1 is 1.22 bits per heavy atom. The van der Waals surface area contributed by atoms with Crippen LogP contribution in [0, 0.1) is 18.3 Å². The topological polar surface area (TPSA) is 78.4 Å². The van der Waals surface area contributed by atoms with Gasteiger partial charge in [-0.05, 0) is 25.0 Å². The Morgan fingerprint density at radius 2 is 1.87 bits per heavy atom. The molecular weight excluding hydrogens is 292 g/mol. The molecule has 0 saturated carbocycles. The van der Waals surface area contributed by atoms with Gasteiger partial charge >= 0.3 is 0 Å². The maximum Gasteiger partial charge on any atom is 0.251 e. The van der Waals surface area contributed by atoms with Crippen LogP contribution in [0.5, 0.6) is 0 Å². The molecule has 0 bridgehead atoms. The van der Waals surface area contributed by atoms with Gasteiger partial charge < -0.3 is 15.7 Å². The third-order valence-electron chi connectivity index (χ3n) is 3.86. The predicted molar refractivity (Wildman–Crippen MR) is 91.1 cm³/mol. The highest BCUT2D eigenvalue weighted by molar-refractivity contribution is 5.96. The minimum atomic E-state index is -0.510. The molecule has 2 amide bonds. The summed E-state index contributed by atoms with van der Waals surface area (Å²) in [5.41, 5.74) is 1.10. The standard InChI is InChI=1S/C18H28N2O3/c1-12(2)16(22)18(4,5)11-20-15(21)10-19-17(23)14-8-6-7-13(3)9-14/h6-9,12,16,22H,10-11H2,1-5H3,(H,19,23)(H,20,21). The first-order valence-corrected chi connectivity index (χ1v) is 7.93. The molecule has 0 heterocycles. The van der Waals surface area contributed by atoms with Gasteiger partial charge in [0.1, 0.15) is 0 Å². The highest BCUT2D eigenvalue weighted by Gasteiger charge is 2.30. The maximum atomic E-state index is 12.0. The summed E-state index contributed by atoms with van der Waals surface area (Å²) in [6.07, 6.45) is -0.510. The van der Waals surface area contributed by atoms with Crippen LogP contribution < -0.4 is 10.6 Å². The molecule has 3 N–H and O–H groups in total. The molecule has 0 aromatic heterocycles. The van der Waals surface area contributed by atoms with Crippen molar-refractivity contribution < 1.29 is 14.7 Å². The van der Waals surface area contributed by atoms with Gasteiger partial charge in [0.2, 0.25) is 5.91 Å². The second kappa shape index (κ2) is 8.11. The number of rotatable bonds is 7. The molecule has 1 rings (SSSR count). The van der Waals surface area contributed by atoms with Crippen LogP contribution in [0.1, 0.15) is 43.6 Å². The van der Waals surface area contributed by atoms with Crippen molar-refractivity contribution in [3.63, 3.8) is 0 Å². The van der Waals surface area contributed by atoms with Gasteiger partial charge in [0.25, 0.3) is 5.91 Å². The highest BCUT2D eigenvalue weighted by atomic mass is 16.3. The molecule has 0 saturated heterocycles. The van der Waals surface area contributed by atoms with Gasteiger partial charge in [-0.25, -0.2) is 0 Å². The molecule has 0 aliphatic heterocycles. The molecule has 0 aliphatic rings. The van der Waals surface area contributed by atoms with Crippen molar-refractivity contribution in [2.45, 2.75) is 40.7 Å². The summed E-state index contributed by atoms with van der Waals surface area (Å²) in [7, 11) is 0. The van der Waals surface area contributed by atoms with Crippen molar-refractivity contribution >= 4 is 11.8 Å². The number of carbonyl (C=O) groups is 2. The van der Waals surface area contributed by atoms with E-state index in [0.29, 0.717) is 12.1 Å². The molecule has 23 heavy (non-hydrogen) atoms. The molecule has 1 aromatic carbocycles. The summed E-state index contributed by atoms with van der Waals surface area (Å²) in [6, 6.07) is 7.20. The van der Waals surface area contributed by atoms with Gasteiger partial charge in [0, 0.05) is 17.5 Å². The molecule has 0 spiro atoms. The first-order valence-electron chi connectivity index (χ1n) is 7.93. The molecule has 5 heteroatoms. The highest BCUT2D eigenvalue weighted by Crippen LogP contribution is 2.24. The van der Waals surface area contributed by atoms with Crippen LogP contribution in [0.25, 0.3) is 0 Å². The van der Waals surface area contributed by atoms with Crippen molar-refractivity contribution in [1.82, 2.24) is 10.6 Å². The normalized spacial score (nSPS) is 12.8. The smallest absolute Gasteiger partial charge is 0.251 e. The number of hydrogen-bond donors (Lipinski definition) is 3. The first kappa shape index (κ1) is 19.2. The Morgan fingerprint density at radius 3 is 2.43 bits per heavy atom. The zero-order chi connectivity index (χ0) is 17.6. The predicted octanol–water partition coefficient (Wildman–Crippen LogP) is 1.88. The Bertz CT molecular complexity index is 553. The minimum absolute atomic E-state index is 0.0827. The fourth-order valence-electron chi connectivity index (χ4n) is 2.44. The molecule has 0 radical (unpaired) electrons. The van der Waals surface area contributed by atoms with Gasteiger partial charge in [0.05, 0.1) is 12.6 Å². The molecule has 128 valence electrons. The number of nitrogens with one attached hydrogen (secondary N) is 2. The van der Waals surface area contributed by atoms with Crippen molar-refractivity contribution in [3.05, 3.63) is 35.4 Å². The molecule has 5 nitrogen and oxygen atoms in total. The van der Waals surface area contributed by atoms with Crippen molar-refractivity contribution in [2.75, 3.05) is 13.1 Å². The SMILES string of the molecule is Cc1cccc(C(=O)NCC(=O)NCC(C)(C)C(O)C(C)C)c1.